The van der Waals surface area contributed by atoms with Crippen LogP contribution in [-0.2, 0) is 0 Å². The molecular formula is C8H17NS. The zero-order chi connectivity index (χ0) is 7.40. The van der Waals surface area contributed by atoms with E-state index in [-0.39, 0.29) is 0 Å². The highest BCUT2D eigenvalue weighted by atomic mass is 32.2. The molecule has 0 aromatic carbocycles. The Morgan fingerprint density at radius 2 is 2.00 bits per heavy atom. The van der Waals surface area contributed by atoms with Crippen molar-refractivity contribution >= 4 is 11.8 Å². The van der Waals surface area contributed by atoms with Crippen molar-refractivity contribution < 1.29 is 0 Å². The molecule has 1 aliphatic heterocycles. The summed E-state index contributed by atoms with van der Waals surface area (Å²) in [5.74, 6) is 0. The molecule has 1 aliphatic rings. The SMILES string of the molecule is CCN1CCC(SC)CC1. The van der Waals surface area contributed by atoms with Gasteiger partial charge in [-0.05, 0) is 38.7 Å². The van der Waals surface area contributed by atoms with Gasteiger partial charge in [0.2, 0.25) is 0 Å². The van der Waals surface area contributed by atoms with Crippen molar-refractivity contribution in [1.82, 2.24) is 4.90 Å². The minimum atomic E-state index is 0.947. The van der Waals surface area contributed by atoms with Gasteiger partial charge in [0, 0.05) is 5.25 Å². The van der Waals surface area contributed by atoms with Crippen LogP contribution in [-0.4, -0.2) is 36.0 Å². The molecule has 0 amide bonds. The summed E-state index contributed by atoms with van der Waals surface area (Å²) in [4.78, 5) is 2.53. The highest BCUT2D eigenvalue weighted by molar-refractivity contribution is 7.99. The van der Waals surface area contributed by atoms with Gasteiger partial charge in [0.05, 0.1) is 0 Å². The maximum atomic E-state index is 2.53. The van der Waals surface area contributed by atoms with Crippen molar-refractivity contribution in [2.24, 2.45) is 0 Å². The Morgan fingerprint density at radius 3 is 2.40 bits per heavy atom. The molecule has 0 bridgehead atoms. The molecule has 0 aromatic rings. The molecule has 0 spiro atoms. The van der Waals surface area contributed by atoms with Gasteiger partial charge in [0.25, 0.3) is 0 Å². The Morgan fingerprint density at radius 1 is 1.40 bits per heavy atom. The lowest BCUT2D eigenvalue weighted by Crippen LogP contribution is -2.34. The molecule has 0 saturated carbocycles. The second-order valence-corrected chi connectivity index (χ2v) is 4.01. The number of rotatable bonds is 2. The van der Waals surface area contributed by atoms with Crippen molar-refractivity contribution in [2.45, 2.75) is 25.0 Å². The third-order valence-corrected chi connectivity index (χ3v) is 3.45. The molecule has 1 fully saturated rings. The molecule has 0 atom stereocenters. The van der Waals surface area contributed by atoms with Crippen molar-refractivity contribution in [2.75, 3.05) is 25.9 Å². The monoisotopic (exact) mass is 159 g/mol. The number of hydrogen-bond donors (Lipinski definition) is 0. The Balaban J connectivity index is 2.17. The van der Waals surface area contributed by atoms with Crippen LogP contribution in [0.1, 0.15) is 19.8 Å². The smallest absolute Gasteiger partial charge is 0.00685 e. The fourth-order valence-electron chi connectivity index (χ4n) is 1.46. The molecule has 2 heteroatoms. The topological polar surface area (TPSA) is 3.24 Å². The second kappa shape index (κ2) is 4.24. The summed E-state index contributed by atoms with van der Waals surface area (Å²) in [6.45, 7) is 6.13. The number of piperidine rings is 1. The van der Waals surface area contributed by atoms with E-state index in [1.54, 1.807) is 0 Å². The van der Waals surface area contributed by atoms with Gasteiger partial charge in [-0.15, -0.1) is 0 Å². The molecule has 0 N–H and O–H groups in total. The van der Waals surface area contributed by atoms with Gasteiger partial charge in [0.1, 0.15) is 0 Å². The minimum absolute atomic E-state index is 0.947. The first-order valence-corrected chi connectivity index (χ1v) is 5.40. The van der Waals surface area contributed by atoms with Crippen LogP contribution in [0.5, 0.6) is 0 Å². The first-order chi connectivity index (χ1) is 4.86. The van der Waals surface area contributed by atoms with Crippen molar-refractivity contribution in [3.8, 4) is 0 Å². The van der Waals surface area contributed by atoms with E-state index in [1.807, 2.05) is 11.8 Å². The summed E-state index contributed by atoms with van der Waals surface area (Å²) < 4.78 is 0. The molecule has 0 unspecified atom stereocenters. The van der Waals surface area contributed by atoms with Crippen LogP contribution in [0.3, 0.4) is 0 Å². The quantitative estimate of drug-likeness (QED) is 0.605. The summed E-state index contributed by atoms with van der Waals surface area (Å²) >= 11 is 2.03. The first-order valence-electron chi connectivity index (χ1n) is 4.12. The predicted molar refractivity (Wildman–Crippen MR) is 48.7 cm³/mol. The largest absolute Gasteiger partial charge is 0.304 e. The van der Waals surface area contributed by atoms with Gasteiger partial charge < -0.3 is 4.90 Å². The van der Waals surface area contributed by atoms with Crippen LogP contribution < -0.4 is 0 Å². The van der Waals surface area contributed by atoms with Crippen molar-refractivity contribution in [3.05, 3.63) is 0 Å². The molecule has 0 aliphatic carbocycles. The fraction of sp³-hybridized carbons (Fsp3) is 1.00. The molecule has 1 heterocycles. The molecular weight excluding hydrogens is 142 g/mol. The maximum absolute atomic E-state index is 2.53. The van der Waals surface area contributed by atoms with Gasteiger partial charge in [-0.1, -0.05) is 6.92 Å². The Kier molecular flexibility index (Phi) is 3.57. The average Bonchev–Trinajstić information content (AvgIpc) is 2.05. The summed E-state index contributed by atoms with van der Waals surface area (Å²) in [6, 6.07) is 0. The number of likely N-dealkylation sites (tertiary alicyclic amines) is 1. The van der Waals surface area contributed by atoms with Crippen molar-refractivity contribution in [3.63, 3.8) is 0 Å². The molecule has 60 valence electrons. The van der Waals surface area contributed by atoms with E-state index >= 15 is 0 Å². The summed E-state index contributed by atoms with van der Waals surface area (Å²) in [7, 11) is 0. The van der Waals surface area contributed by atoms with Crippen LogP contribution >= 0.6 is 11.8 Å². The van der Waals surface area contributed by atoms with E-state index in [0.717, 1.165) is 5.25 Å². The van der Waals surface area contributed by atoms with Gasteiger partial charge in [-0.2, -0.15) is 11.8 Å². The highest BCUT2D eigenvalue weighted by Crippen LogP contribution is 2.20. The van der Waals surface area contributed by atoms with E-state index in [0.29, 0.717) is 0 Å². The standard InChI is InChI=1S/C8H17NS/c1-3-9-6-4-8(10-2)5-7-9/h8H,3-7H2,1-2H3. The number of thioether (sulfide) groups is 1. The van der Waals surface area contributed by atoms with E-state index in [2.05, 4.69) is 18.1 Å². The Labute approximate surface area is 68.2 Å². The maximum Gasteiger partial charge on any atom is 0.00685 e. The number of nitrogens with zero attached hydrogens (tertiary/aromatic N) is 1. The van der Waals surface area contributed by atoms with Crippen molar-refractivity contribution in [1.29, 1.82) is 0 Å². The van der Waals surface area contributed by atoms with Gasteiger partial charge in [-0.25, -0.2) is 0 Å². The third-order valence-electron chi connectivity index (χ3n) is 2.32. The van der Waals surface area contributed by atoms with E-state index in [4.69, 9.17) is 0 Å². The molecule has 0 aromatic heterocycles. The zero-order valence-corrected chi connectivity index (χ0v) is 7.78. The predicted octanol–water partition coefficient (Wildman–Crippen LogP) is 1.83. The lowest BCUT2D eigenvalue weighted by molar-refractivity contribution is 0.244. The molecule has 10 heavy (non-hydrogen) atoms. The van der Waals surface area contributed by atoms with Gasteiger partial charge in [-0.3, -0.25) is 0 Å². The number of hydrogen-bond acceptors (Lipinski definition) is 2. The molecule has 1 nitrogen and oxygen atoms in total. The van der Waals surface area contributed by atoms with E-state index in [1.165, 1.54) is 32.5 Å². The van der Waals surface area contributed by atoms with Crippen LogP contribution in [0, 0.1) is 0 Å². The highest BCUT2D eigenvalue weighted by Gasteiger charge is 2.15. The first kappa shape index (κ1) is 8.41. The zero-order valence-electron chi connectivity index (χ0n) is 6.97. The second-order valence-electron chi connectivity index (χ2n) is 2.87. The van der Waals surface area contributed by atoms with Gasteiger partial charge in [0.15, 0.2) is 0 Å². The summed E-state index contributed by atoms with van der Waals surface area (Å²) in [6.07, 6.45) is 5.02. The fourth-order valence-corrected chi connectivity index (χ4v) is 2.14. The Bertz CT molecular complexity index is 75.3. The van der Waals surface area contributed by atoms with Crippen LogP contribution in [0.4, 0.5) is 0 Å². The van der Waals surface area contributed by atoms with Gasteiger partial charge >= 0.3 is 0 Å². The molecule has 0 radical (unpaired) electrons. The minimum Gasteiger partial charge on any atom is -0.304 e. The van der Waals surface area contributed by atoms with E-state index in [9.17, 15) is 0 Å². The van der Waals surface area contributed by atoms with Crippen LogP contribution in [0.15, 0.2) is 0 Å². The van der Waals surface area contributed by atoms with Crippen LogP contribution in [0.25, 0.3) is 0 Å². The Hall–Kier alpha value is 0.310. The molecule has 1 saturated heterocycles. The summed E-state index contributed by atoms with van der Waals surface area (Å²) in [5, 5.41) is 0.947. The average molecular weight is 159 g/mol. The van der Waals surface area contributed by atoms with Crippen LogP contribution in [0.2, 0.25) is 0 Å². The summed E-state index contributed by atoms with van der Waals surface area (Å²) in [5.41, 5.74) is 0. The van der Waals surface area contributed by atoms with E-state index < -0.39 is 0 Å². The lowest BCUT2D eigenvalue weighted by atomic mass is 10.1. The normalized spacial score (nSPS) is 23.4. The molecule has 1 rings (SSSR count). The lowest BCUT2D eigenvalue weighted by Gasteiger charge is -2.29. The third kappa shape index (κ3) is 2.17.